The van der Waals surface area contributed by atoms with Crippen LogP contribution in [0.3, 0.4) is 0 Å². The first kappa shape index (κ1) is 11.7. The number of ether oxygens (including phenoxy) is 1. The van der Waals surface area contributed by atoms with E-state index in [0.29, 0.717) is 22.8 Å². The Balaban J connectivity index is 2.28. The number of hydrogen-bond acceptors (Lipinski definition) is 3. The average molecular weight is 289 g/mol. The molecule has 0 bridgehead atoms. The predicted octanol–water partition coefficient (Wildman–Crippen LogP) is 2.40. The molecule has 0 aliphatic carbocycles. The van der Waals surface area contributed by atoms with Crippen molar-refractivity contribution >= 4 is 27.3 Å². The van der Waals surface area contributed by atoms with Gasteiger partial charge in [-0.15, -0.1) is 0 Å². The minimum Gasteiger partial charge on any atom is -0.397 e. The van der Waals surface area contributed by atoms with Gasteiger partial charge in [-0.25, -0.2) is 4.39 Å². The van der Waals surface area contributed by atoms with Gasteiger partial charge in [-0.1, -0.05) is 0 Å². The third-order valence-corrected chi connectivity index (χ3v) is 3.51. The fraction of sp³-hybridized carbons (Fsp3) is 0.455. The van der Waals surface area contributed by atoms with Crippen LogP contribution in [0.5, 0.6) is 0 Å². The fourth-order valence-corrected chi connectivity index (χ4v) is 2.21. The molecule has 2 N–H and O–H groups in total. The van der Waals surface area contributed by atoms with Crippen LogP contribution >= 0.6 is 15.9 Å². The summed E-state index contributed by atoms with van der Waals surface area (Å²) < 4.78 is 19.0. The predicted molar refractivity (Wildman–Crippen MR) is 66.1 cm³/mol. The summed E-state index contributed by atoms with van der Waals surface area (Å²) in [5, 5.41) is 0. The number of nitrogen functional groups attached to an aromatic ring is 1. The van der Waals surface area contributed by atoms with E-state index in [9.17, 15) is 4.39 Å². The Morgan fingerprint density at radius 2 is 2.31 bits per heavy atom. The molecule has 1 heterocycles. The zero-order valence-electron chi connectivity index (χ0n) is 9.04. The van der Waals surface area contributed by atoms with Crippen molar-refractivity contribution in [3.05, 3.63) is 22.4 Å². The molecular weight excluding hydrogens is 275 g/mol. The fourth-order valence-electron chi connectivity index (χ4n) is 1.88. The second-order valence-electron chi connectivity index (χ2n) is 3.95. The van der Waals surface area contributed by atoms with Gasteiger partial charge < -0.3 is 15.4 Å². The van der Waals surface area contributed by atoms with Gasteiger partial charge in [0, 0.05) is 19.7 Å². The smallest absolute Gasteiger partial charge is 0.139 e. The van der Waals surface area contributed by atoms with Gasteiger partial charge in [0.2, 0.25) is 0 Å². The lowest BCUT2D eigenvalue weighted by Crippen LogP contribution is -2.32. The first-order chi connectivity index (χ1) is 7.59. The third-order valence-electron chi connectivity index (χ3n) is 2.90. The molecule has 0 radical (unpaired) electrons. The van der Waals surface area contributed by atoms with Crippen LogP contribution in [0.15, 0.2) is 16.6 Å². The van der Waals surface area contributed by atoms with E-state index in [4.69, 9.17) is 10.5 Å². The van der Waals surface area contributed by atoms with Crippen LogP contribution in [0.2, 0.25) is 0 Å². The van der Waals surface area contributed by atoms with Crippen LogP contribution in [0, 0.1) is 5.82 Å². The van der Waals surface area contributed by atoms with E-state index in [1.54, 1.807) is 6.07 Å². The van der Waals surface area contributed by atoms with Crippen molar-refractivity contribution in [2.75, 3.05) is 30.9 Å². The van der Waals surface area contributed by atoms with Crippen molar-refractivity contribution in [2.45, 2.75) is 12.5 Å². The maximum absolute atomic E-state index is 13.2. The molecule has 1 aliphatic rings. The van der Waals surface area contributed by atoms with E-state index < -0.39 is 0 Å². The van der Waals surface area contributed by atoms with Crippen LogP contribution in [-0.2, 0) is 4.74 Å². The molecule has 0 saturated carbocycles. The lowest BCUT2D eigenvalue weighted by molar-refractivity contribution is 0.193. The summed E-state index contributed by atoms with van der Waals surface area (Å²) in [5.41, 5.74) is 7.11. The molecule has 1 saturated heterocycles. The number of halogens is 2. The molecule has 88 valence electrons. The number of likely N-dealkylation sites (N-methyl/N-ethyl adjacent to an activating group) is 1. The summed E-state index contributed by atoms with van der Waals surface area (Å²) in [5.74, 6) is -0.336. The van der Waals surface area contributed by atoms with Gasteiger partial charge in [-0.3, -0.25) is 0 Å². The van der Waals surface area contributed by atoms with E-state index >= 15 is 0 Å². The van der Waals surface area contributed by atoms with E-state index in [2.05, 4.69) is 15.9 Å². The minimum atomic E-state index is -0.336. The summed E-state index contributed by atoms with van der Waals surface area (Å²) in [6, 6.07) is 3.37. The third kappa shape index (κ3) is 2.15. The largest absolute Gasteiger partial charge is 0.397 e. The highest BCUT2D eigenvalue weighted by Crippen LogP contribution is 2.31. The summed E-state index contributed by atoms with van der Waals surface area (Å²) in [6.07, 6.45) is 0.977. The summed E-state index contributed by atoms with van der Waals surface area (Å²) in [6.45, 7) is 1.47. The molecule has 0 aromatic heterocycles. The monoisotopic (exact) mass is 288 g/mol. The highest BCUT2D eigenvalue weighted by atomic mass is 79.9. The van der Waals surface area contributed by atoms with Crippen LogP contribution in [-0.4, -0.2) is 26.3 Å². The van der Waals surface area contributed by atoms with Gasteiger partial charge in [-0.2, -0.15) is 0 Å². The van der Waals surface area contributed by atoms with E-state index in [0.717, 1.165) is 18.7 Å². The first-order valence-corrected chi connectivity index (χ1v) is 5.94. The Morgan fingerprint density at radius 1 is 1.56 bits per heavy atom. The number of nitrogens with zero attached hydrogens (tertiary/aromatic N) is 1. The van der Waals surface area contributed by atoms with Crippen molar-refractivity contribution in [3.63, 3.8) is 0 Å². The van der Waals surface area contributed by atoms with Gasteiger partial charge in [0.15, 0.2) is 0 Å². The molecule has 1 aromatic carbocycles. The van der Waals surface area contributed by atoms with Crippen molar-refractivity contribution in [3.8, 4) is 0 Å². The maximum atomic E-state index is 13.2. The molecule has 0 spiro atoms. The molecule has 0 amide bonds. The lowest BCUT2D eigenvalue weighted by Gasteiger charge is -2.27. The van der Waals surface area contributed by atoms with Crippen LogP contribution in [0.25, 0.3) is 0 Å². The topological polar surface area (TPSA) is 38.5 Å². The summed E-state index contributed by atoms with van der Waals surface area (Å²) in [7, 11) is 1.95. The number of anilines is 2. The molecule has 1 aromatic rings. The van der Waals surface area contributed by atoms with Gasteiger partial charge in [0.1, 0.15) is 5.82 Å². The van der Waals surface area contributed by atoms with Gasteiger partial charge >= 0.3 is 0 Å². The SMILES string of the molecule is CN(c1cc(Br)c(F)cc1N)C1CCOC1. The maximum Gasteiger partial charge on any atom is 0.139 e. The Morgan fingerprint density at radius 3 is 2.94 bits per heavy atom. The highest BCUT2D eigenvalue weighted by molar-refractivity contribution is 9.10. The normalized spacial score (nSPS) is 20.1. The van der Waals surface area contributed by atoms with Crippen molar-refractivity contribution in [2.24, 2.45) is 0 Å². The second-order valence-corrected chi connectivity index (χ2v) is 4.81. The van der Waals surface area contributed by atoms with E-state index in [-0.39, 0.29) is 5.82 Å². The summed E-state index contributed by atoms with van der Waals surface area (Å²) >= 11 is 3.17. The molecule has 16 heavy (non-hydrogen) atoms. The molecule has 2 rings (SSSR count). The zero-order chi connectivity index (χ0) is 11.7. The molecule has 1 aliphatic heterocycles. The van der Waals surface area contributed by atoms with Crippen molar-refractivity contribution in [1.29, 1.82) is 0 Å². The Labute approximate surface area is 102 Å². The summed E-state index contributed by atoms with van der Waals surface area (Å²) in [4.78, 5) is 2.05. The number of hydrogen-bond donors (Lipinski definition) is 1. The van der Waals surface area contributed by atoms with Crippen LogP contribution < -0.4 is 10.6 Å². The lowest BCUT2D eigenvalue weighted by atomic mass is 10.2. The van der Waals surface area contributed by atoms with E-state index in [1.165, 1.54) is 6.07 Å². The molecule has 1 atom stereocenters. The van der Waals surface area contributed by atoms with Crippen molar-refractivity contribution in [1.82, 2.24) is 0 Å². The standard InChI is InChI=1S/C11H14BrFN2O/c1-15(7-2-3-16-6-7)11-4-8(12)9(13)5-10(11)14/h4-5,7H,2-3,6,14H2,1H3. The first-order valence-electron chi connectivity index (χ1n) is 5.14. The Hall–Kier alpha value is -0.810. The van der Waals surface area contributed by atoms with Gasteiger partial charge in [0.25, 0.3) is 0 Å². The second kappa shape index (κ2) is 4.59. The quantitative estimate of drug-likeness (QED) is 0.850. The van der Waals surface area contributed by atoms with E-state index in [1.807, 2.05) is 11.9 Å². The van der Waals surface area contributed by atoms with Crippen LogP contribution in [0.4, 0.5) is 15.8 Å². The molecule has 3 nitrogen and oxygen atoms in total. The zero-order valence-corrected chi connectivity index (χ0v) is 10.6. The Bertz CT molecular complexity index is 394. The average Bonchev–Trinajstić information content (AvgIpc) is 2.75. The Kier molecular flexibility index (Phi) is 3.35. The van der Waals surface area contributed by atoms with Crippen LogP contribution in [0.1, 0.15) is 6.42 Å². The molecule has 5 heteroatoms. The minimum absolute atomic E-state index is 0.319. The van der Waals surface area contributed by atoms with Crippen molar-refractivity contribution < 1.29 is 9.13 Å². The highest BCUT2D eigenvalue weighted by Gasteiger charge is 2.22. The number of nitrogens with two attached hydrogens (primary N) is 1. The van der Waals surface area contributed by atoms with Gasteiger partial charge in [-0.05, 0) is 28.4 Å². The molecule has 1 fully saturated rings. The number of rotatable bonds is 2. The molecule has 1 unspecified atom stereocenters. The molecular formula is C11H14BrFN2O. The number of benzene rings is 1. The van der Waals surface area contributed by atoms with Gasteiger partial charge in [0.05, 0.1) is 28.5 Å².